The molecule has 1 N–H and O–H groups in total. The third-order valence-electron chi connectivity index (χ3n) is 3.36. The van der Waals surface area contributed by atoms with Crippen molar-refractivity contribution in [2.45, 2.75) is 0 Å². The maximum Gasteiger partial charge on any atom is 0.267 e. The Morgan fingerprint density at radius 3 is 2.65 bits per heavy atom. The second kappa shape index (κ2) is 5.42. The molecule has 0 unspecified atom stereocenters. The average molecular weight is 307 g/mol. The van der Waals surface area contributed by atoms with Crippen molar-refractivity contribution in [1.82, 2.24) is 14.5 Å². The highest BCUT2D eigenvalue weighted by molar-refractivity contribution is 5.80. The molecule has 1 aromatic carbocycles. The summed E-state index contributed by atoms with van der Waals surface area (Å²) in [7, 11) is 3.54. The molecule has 0 amide bonds. The zero-order valence-electron chi connectivity index (χ0n) is 12.6. The van der Waals surface area contributed by atoms with Gasteiger partial charge in [0.2, 0.25) is 5.95 Å². The minimum atomic E-state index is -0.273. The van der Waals surface area contributed by atoms with Crippen molar-refractivity contribution >= 4 is 16.9 Å². The second-order valence-electron chi connectivity index (χ2n) is 5.16. The zero-order chi connectivity index (χ0) is 16.6. The molecule has 7 nitrogen and oxygen atoms in total. The smallest absolute Gasteiger partial charge is 0.267 e. The van der Waals surface area contributed by atoms with E-state index in [-0.39, 0.29) is 17.0 Å². The lowest BCUT2D eigenvalue weighted by molar-refractivity contribution is 0.476. The van der Waals surface area contributed by atoms with E-state index in [1.165, 1.54) is 29.0 Å². The fraction of sp³-hybridized carbons (Fsp3) is 0.125. The first-order valence-corrected chi connectivity index (χ1v) is 6.81. The molecule has 2 heterocycles. The summed E-state index contributed by atoms with van der Waals surface area (Å²) in [5.41, 5.74) is 0.925. The molecule has 0 aliphatic carbocycles. The summed E-state index contributed by atoms with van der Waals surface area (Å²) in [6, 6.07) is 9.56. The fourth-order valence-electron chi connectivity index (χ4n) is 2.28. The van der Waals surface area contributed by atoms with E-state index in [0.717, 1.165) is 0 Å². The molecular weight excluding hydrogens is 294 g/mol. The molecule has 0 saturated heterocycles. The Bertz CT molecular complexity index is 984. The van der Waals surface area contributed by atoms with Gasteiger partial charge in [0.25, 0.3) is 5.56 Å². The predicted octanol–water partition coefficient (Wildman–Crippen LogP) is 1.42. The third-order valence-corrected chi connectivity index (χ3v) is 3.36. The van der Waals surface area contributed by atoms with Crippen LogP contribution in [0.15, 0.2) is 41.3 Å². The van der Waals surface area contributed by atoms with Crippen LogP contribution in [0, 0.1) is 11.3 Å². The number of aromatic hydroxyl groups is 1. The Balaban J connectivity index is 2.36. The highest BCUT2D eigenvalue weighted by Crippen LogP contribution is 2.20. The van der Waals surface area contributed by atoms with Crippen molar-refractivity contribution in [3.05, 3.63) is 52.6 Å². The number of pyridine rings is 1. The number of aromatic nitrogens is 3. The van der Waals surface area contributed by atoms with Gasteiger partial charge in [0.05, 0.1) is 22.8 Å². The Hall–Kier alpha value is -3.40. The maximum absolute atomic E-state index is 12.8. The Morgan fingerprint density at radius 1 is 1.26 bits per heavy atom. The Labute approximate surface area is 131 Å². The summed E-state index contributed by atoms with van der Waals surface area (Å²) in [6.45, 7) is 0. The monoisotopic (exact) mass is 307 g/mol. The van der Waals surface area contributed by atoms with Crippen LogP contribution >= 0.6 is 0 Å². The maximum atomic E-state index is 12.8. The van der Waals surface area contributed by atoms with Gasteiger partial charge in [-0.15, -0.1) is 0 Å². The Kier molecular flexibility index (Phi) is 3.43. The van der Waals surface area contributed by atoms with Gasteiger partial charge in [-0.2, -0.15) is 5.26 Å². The SMILES string of the molecule is CN(C)c1nc2cc(O)ccc2c(=O)n1-c1ccc(C#N)nc1. The number of rotatable bonds is 2. The molecule has 0 radical (unpaired) electrons. The molecule has 0 bridgehead atoms. The van der Waals surface area contributed by atoms with E-state index in [1.54, 1.807) is 31.1 Å². The van der Waals surface area contributed by atoms with Crippen LogP contribution in [0.2, 0.25) is 0 Å². The lowest BCUT2D eigenvalue weighted by Crippen LogP contribution is -2.27. The molecule has 23 heavy (non-hydrogen) atoms. The van der Waals surface area contributed by atoms with Gasteiger partial charge >= 0.3 is 0 Å². The lowest BCUT2D eigenvalue weighted by Gasteiger charge is -2.18. The van der Waals surface area contributed by atoms with Gasteiger partial charge in [0.1, 0.15) is 17.5 Å². The first kappa shape index (κ1) is 14.5. The standard InChI is InChI=1S/C16H13N5O2/c1-20(2)16-19-14-7-12(22)5-6-13(14)15(23)21(16)11-4-3-10(8-17)18-9-11/h3-7,9,22H,1-2H3. The zero-order valence-corrected chi connectivity index (χ0v) is 12.6. The van der Waals surface area contributed by atoms with Crippen molar-refractivity contribution in [2.24, 2.45) is 0 Å². The fourth-order valence-corrected chi connectivity index (χ4v) is 2.28. The summed E-state index contributed by atoms with van der Waals surface area (Å²) >= 11 is 0. The summed E-state index contributed by atoms with van der Waals surface area (Å²) < 4.78 is 1.42. The normalized spacial score (nSPS) is 10.5. The van der Waals surface area contributed by atoms with E-state index in [2.05, 4.69) is 9.97 Å². The van der Waals surface area contributed by atoms with Gasteiger partial charge in [0.15, 0.2) is 0 Å². The number of benzene rings is 1. The number of phenolic OH excluding ortho intramolecular Hbond substituents is 1. The third kappa shape index (κ3) is 2.46. The van der Waals surface area contributed by atoms with Crippen molar-refractivity contribution < 1.29 is 5.11 Å². The predicted molar refractivity (Wildman–Crippen MR) is 85.8 cm³/mol. The van der Waals surface area contributed by atoms with E-state index in [1.807, 2.05) is 6.07 Å². The van der Waals surface area contributed by atoms with Crippen molar-refractivity contribution in [1.29, 1.82) is 5.26 Å². The Morgan fingerprint density at radius 2 is 2.04 bits per heavy atom. The molecule has 0 atom stereocenters. The second-order valence-corrected chi connectivity index (χ2v) is 5.16. The number of nitrogens with zero attached hydrogens (tertiary/aromatic N) is 5. The minimum absolute atomic E-state index is 0.0481. The van der Waals surface area contributed by atoms with Crippen molar-refractivity contribution in [3.63, 3.8) is 0 Å². The quantitative estimate of drug-likeness (QED) is 0.769. The van der Waals surface area contributed by atoms with Gasteiger partial charge in [-0.05, 0) is 24.3 Å². The van der Waals surface area contributed by atoms with Crippen LogP contribution in [0.5, 0.6) is 5.75 Å². The lowest BCUT2D eigenvalue weighted by atomic mass is 10.2. The first-order valence-electron chi connectivity index (χ1n) is 6.81. The van der Waals surface area contributed by atoms with Gasteiger partial charge in [-0.25, -0.2) is 14.5 Å². The number of fused-ring (bicyclic) bond motifs is 1. The molecule has 3 rings (SSSR count). The highest BCUT2D eigenvalue weighted by atomic mass is 16.3. The number of phenols is 1. The molecule has 0 saturated carbocycles. The van der Waals surface area contributed by atoms with E-state index in [4.69, 9.17) is 5.26 Å². The molecule has 114 valence electrons. The topological polar surface area (TPSA) is 95.0 Å². The summed E-state index contributed by atoms with van der Waals surface area (Å²) in [6.07, 6.45) is 1.46. The van der Waals surface area contributed by atoms with E-state index in [0.29, 0.717) is 22.5 Å². The summed E-state index contributed by atoms with van der Waals surface area (Å²) in [5.74, 6) is 0.450. The van der Waals surface area contributed by atoms with Crippen LogP contribution in [0.25, 0.3) is 16.6 Å². The molecule has 2 aromatic heterocycles. The molecule has 0 spiro atoms. The largest absolute Gasteiger partial charge is 0.508 e. The first-order chi connectivity index (χ1) is 11.0. The van der Waals surface area contributed by atoms with Crippen LogP contribution in [0.1, 0.15) is 5.69 Å². The highest BCUT2D eigenvalue weighted by Gasteiger charge is 2.15. The van der Waals surface area contributed by atoms with Crippen molar-refractivity contribution in [3.8, 4) is 17.5 Å². The summed E-state index contributed by atoms with van der Waals surface area (Å²) in [4.78, 5) is 23.0. The van der Waals surface area contributed by atoms with Crippen LogP contribution in [-0.2, 0) is 0 Å². The number of hydrogen-bond donors (Lipinski definition) is 1. The van der Waals surface area contributed by atoms with Crippen LogP contribution in [0.3, 0.4) is 0 Å². The van der Waals surface area contributed by atoms with Crippen LogP contribution in [-0.4, -0.2) is 33.7 Å². The molecule has 0 aliphatic rings. The molecule has 7 heteroatoms. The molecule has 0 fully saturated rings. The van der Waals surface area contributed by atoms with Crippen molar-refractivity contribution in [2.75, 3.05) is 19.0 Å². The number of hydrogen-bond acceptors (Lipinski definition) is 6. The van der Waals surface area contributed by atoms with Crippen LogP contribution in [0.4, 0.5) is 5.95 Å². The van der Waals surface area contributed by atoms with E-state index >= 15 is 0 Å². The summed E-state index contributed by atoms with van der Waals surface area (Å²) in [5, 5.41) is 18.8. The molecular formula is C16H13N5O2. The molecule has 3 aromatic rings. The number of anilines is 1. The van der Waals surface area contributed by atoms with E-state index < -0.39 is 0 Å². The average Bonchev–Trinajstić information content (AvgIpc) is 2.54. The van der Waals surface area contributed by atoms with Gasteiger partial charge < -0.3 is 10.0 Å². The van der Waals surface area contributed by atoms with Gasteiger partial charge in [-0.1, -0.05) is 0 Å². The van der Waals surface area contributed by atoms with Crippen LogP contribution < -0.4 is 10.5 Å². The van der Waals surface area contributed by atoms with Gasteiger partial charge in [0, 0.05) is 20.2 Å². The minimum Gasteiger partial charge on any atom is -0.508 e. The molecule has 0 aliphatic heterocycles. The number of nitriles is 1. The van der Waals surface area contributed by atoms with E-state index in [9.17, 15) is 9.90 Å². The van der Waals surface area contributed by atoms with Gasteiger partial charge in [-0.3, -0.25) is 4.79 Å².